The molecule has 2 heterocycles. The van der Waals surface area contributed by atoms with Crippen LogP contribution in [0.1, 0.15) is 6.23 Å². The Morgan fingerprint density at radius 3 is 2.48 bits per heavy atom. The second-order valence-electron chi connectivity index (χ2n) is 5.09. The minimum atomic E-state index is -1.54. The molecule has 0 amide bonds. The van der Waals surface area contributed by atoms with Gasteiger partial charge in [0.25, 0.3) is 0 Å². The summed E-state index contributed by atoms with van der Waals surface area (Å²) in [4.78, 5) is 17.5. The summed E-state index contributed by atoms with van der Waals surface area (Å²) in [6.45, 7) is -0.556. The fourth-order valence-corrected chi connectivity index (χ4v) is 2.16. The third-order valence-corrected chi connectivity index (χ3v) is 3.41. The molecule has 2 rings (SSSR count). The number of anilines is 1. The van der Waals surface area contributed by atoms with Gasteiger partial charge >= 0.3 is 5.69 Å². The molecule has 5 atom stereocenters. The molecule has 0 saturated carbocycles. The Labute approximate surface area is 120 Å². The van der Waals surface area contributed by atoms with Crippen LogP contribution in [0.25, 0.3) is 0 Å². The van der Waals surface area contributed by atoms with E-state index in [-0.39, 0.29) is 0 Å². The zero-order valence-electron chi connectivity index (χ0n) is 11.7. The molecule has 21 heavy (non-hydrogen) atoms. The van der Waals surface area contributed by atoms with E-state index < -0.39 is 42.9 Å². The summed E-state index contributed by atoms with van der Waals surface area (Å²) in [6, 6.07) is 1.54. The predicted octanol–water partition coefficient (Wildman–Crippen LogP) is -2.72. The number of hydrogen-bond donors (Lipinski definition) is 4. The predicted molar refractivity (Wildman–Crippen MR) is 71.8 cm³/mol. The molecule has 1 aliphatic rings. The standard InChI is InChI=1S/C12H19N3O6/c1-14(2)7-3-4-15(12(20)13-7)11-10(19)9(18)8(17)6(5-16)21-11/h3-4,6,8-11,16-19H,5H2,1-2H3/t6-,8-,9+,10-,11-/m1/s1. The topological polar surface area (TPSA) is 128 Å². The van der Waals surface area contributed by atoms with Crippen LogP contribution < -0.4 is 10.6 Å². The van der Waals surface area contributed by atoms with Gasteiger partial charge in [0.15, 0.2) is 6.23 Å². The van der Waals surface area contributed by atoms with Gasteiger partial charge in [0.05, 0.1) is 6.61 Å². The number of aliphatic hydroxyl groups is 4. The van der Waals surface area contributed by atoms with Crippen molar-refractivity contribution in [3.8, 4) is 0 Å². The SMILES string of the molecule is CN(C)c1ccn([C@@H]2O[C@H](CO)[C@@H](O)[C@H](O)[C@H]2O)c(=O)n1. The summed E-state index contributed by atoms with van der Waals surface area (Å²) >= 11 is 0. The molecule has 0 spiro atoms. The number of nitrogens with zero attached hydrogens (tertiary/aromatic N) is 3. The maximum atomic E-state index is 12.0. The van der Waals surface area contributed by atoms with Crippen LogP contribution in [0.4, 0.5) is 5.82 Å². The molecule has 0 unspecified atom stereocenters. The Bertz CT molecular complexity index is 546. The first-order valence-corrected chi connectivity index (χ1v) is 6.44. The van der Waals surface area contributed by atoms with E-state index in [1.54, 1.807) is 25.1 Å². The Hall–Kier alpha value is -1.52. The third-order valence-electron chi connectivity index (χ3n) is 3.41. The van der Waals surface area contributed by atoms with Gasteiger partial charge < -0.3 is 30.1 Å². The summed E-state index contributed by atoms with van der Waals surface area (Å²) in [5.41, 5.74) is -0.675. The maximum Gasteiger partial charge on any atom is 0.351 e. The fraction of sp³-hybridized carbons (Fsp3) is 0.667. The van der Waals surface area contributed by atoms with Crippen LogP contribution in [-0.4, -0.2) is 75.1 Å². The van der Waals surface area contributed by atoms with E-state index in [0.29, 0.717) is 5.82 Å². The Morgan fingerprint density at radius 2 is 1.95 bits per heavy atom. The van der Waals surface area contributed by atoms with Crippen molar-refractivity contribution in [1.29, 1.82) is 0 Å². The van der Waals surface area contributed by atoms with Gasteiger partial charge in [-0.25, -0.2) is 4.79 Å². The van der Waals surface area contributed by atoms with Crippen molar-refractivity contribution in [1.82, 2.24) is 9.55 Å². The van der Waals surface area contributed by atoms with Gasteiger partial charge in [-0.05, 0) is 6.07 Å². The summed E-state index contributed by atoms with van der Waals surface area (Å²) in [6.07, 6.45) is -5.47. The van der Waals surface area contributed by atoms with Crippen LogP contribution in [0.15, 0.2) is 17.1 Å². The third kappa shape index (κ3) is 2.92. The largest absolute Gasteiger partial charge is 0.394 e. The van der Waals surface area contributed by atoms with E-state index in [2.05, 4.69) is 4.98 Å². The number of ether oxygens (including phenoxy) is 1. The van der Waals surface area contributed by atoms with E-state index in [1.165, 1.54) is 6.20 Å². The lowest BCUT2D eigenvalue weighted by atomic mass is 9.98. The lowest BCUT2D eigenvalue weighted by Crippen LogP contribution is -2.57. The summed E-state index contributed by atoms with van der Waals surface area (Å²) in [5, 5.41) is 38.5. The van der Waals surface area contributed by atoms with E-state index in [9.17, 15) is 20.1 Å². The molecule has 1 aromatic heterocycles. The lowest BCUT2D eigenvalue weighted by molar-refractivity contribution is -0.252. The van der Waals surface area contributed by atoms with Crippen molar-refractivity contribution in [2.75, 3.05) is 25.6 Å². The minimum Gasteiger partial charge on any atom is -0.394 e. The van der Waals surface area contributed by atoms with E-state index in [1.807, 2.05) is 0 Å². The first-order valence-electron chi connectivity index (χ1n) is 6.44. The van der Waals surface area contributed by atoms with Gasteiger partial charge in [-0.3, -0.25) is 4.57 Å². The highest BCUT2D eigenvalue weighted by molar-refractivity contribution is 5.33. The van der Waals surface area contributed by atoms with E-state index in [4.69, 9.17) is 9.84 Å². The van der Waals surface area contributed by atoms with E-state index in [0.717, 1.165) is 4.57 Å². The molecule has 9 nitrogen and oxygen atoms in total. The lowest BCUT2D eigenvalue weighted by Gasteiger charge is -2.40. The molecule has 9 heteroatoms. The molecular weight excluding hydrogens is 282 g/mol. The second kappa shape index (κ2) is 6.08. The van der Waals surface area contributed by atoms with Crippen LogP contribution in [0.3, 0.4) is 0 Å². The van der Waals surface area contributed by atoms with Crippen molar-refractivity contribution in [2.45, 2.75) is 30.6 Å². The van der Waals surface area contributed by atoms with Crippen molar-refractivity contribution < 1.29 is 25.2 Å². The molecule has 1 aromatic rings. The molecule has 0 bridgehead atoms. The van der Waals surface area contributed by atoms with Gasteiger partial charge in [-0.2, -0.15) is 4.98 Å². The van der Waals surface area contributed by atoms with Crippen LogP contribution in [0.5, 0.6) is 0 Å². The smallest absolute Gasteiger partial charge is 0.351 e. The number of aromatic nitrogens is 2. The van der Waals surface area contributed by atoms with Gasteiger partial charge in [-0.1, -0.05) is 0 Å². The van der Waals surface area contributed by atoms with Crippen molar-refractivity contribution in [3.63, 3.8) is 0 Å². The zero-order valence-corrected chi connectivity index (χ0v) is 11.7. The van der Waals surface area contributed by atoms with Crippen LogP contribution >= 0.6 is 0 Å². The van der Waals surface area contributed by atoms with Crippen molar-refractivity contribution >= 4 is 5.82 Å². The first-order chi connectivity index (χ1) is 9.86. The van der Waals surface area contributed by atoms with Gasteiger partial charge in [-0.15, -0.1) is 0 Å². The summed E-state index contributed by atoms with van der Waals surface area (Å²) in [5.74, 6) is 0.431. The van der Waals surface area contributed by atoms with Crippen LogP contribution in [0, 0.1) is 0 Å². The Morgan fingerprint density at radius 1 is 1.29 bits per heavy atom. The molecule has 1 aliphatic heterocycles. The molecule has 0 radical (unpaired) electrons. The monoisotopic (exact) mass is 301 g/mol. The average molecular weight is 301 g/mol. The fourth-order valence-electron chi connectivity index (χ4n) is 2.16. The highest BCUT2D eigenvalue weighted by Crippen LogP contribution is 2.27. The summed E-state index contributed by atoms with van der Waals surface area (Å²) < 4.78 is 6.31. The maximum absolute atomic E-state index is 12.0. The molecule has 1 saturated heterocycles. The molecule has 1 fully saturated rings. The molecular formula is C12H19N3O6. The van der Waals surface area contributed by atoms with Crippen LogP contribution in [-0.2, 0) is 4.74 Å². The molecule has 0 aliphatic carbocycles. The first kappa shape index (κ1) is 15.9. The molecule has 0 aromatic carbocycles. The van der Waals surface area contributed by atoms with E-state index >= 15 is 0 Å². The Balaban J connectivity index is 2.34. The highest BCUT2D eigenvalue weighted by Gasteiger charge is 2.44. The van der Waals surface area contributed by atoms with Gasteiger partial charge in [0, 0.05) is 20.3 Å². The zero-order chi connectivity index (χ0) is 15.7. The Kier molecular flexibility index (Phi) is 4.59. The number of aliphatic hydroxyl groups excluding tert-OH is 4. The summed E-state index contributed by atoms with van der Waals surface area (Å²) in [7, 11) is 3.44. The van der Waals surface area contributed by atoms with Gasteiger partial charge in [0.2, 0.25) is 0 Å². The van der Waals surface area contributed by atoms with Gasteiger partial charge in [0.1, 0.15) is 30.2 Å². The number of hydrogen-bond acceptors (Lipinski definition) is 8. The van der Waals surface area contributed by atoms with Crippen molar-refractivity contribution in [2.24, 2.45) is 0 Å². The minimum absolute atomic E-state index is 0.431. The normalized spacial score (nSPS) is 33.0. The average Bonchev–Trinajstić information content (AvgIpc) is 2.45. The highest BCUT2D eigenvalue weighted by atomic mass is 16.6. The molecule has 4 N–H and O–H groups in total. The second-order valence-corrected chi connectivity index (χ2v) is 5.09. The quantitative estimate of drug-likeness (QED) is 0.474. The van der Waals surface area contributed by atoms with Crippen molar-refractivity contribution in [3.05, 3.63) is 22.7 Å². The van der Waals surface area contributed by atoms with Crippen LogP contribution in [0.2, 0.25) is 0 Å². The molecule has 118 valence electrons. The number of rotatable bonds is 3.